The molecule has 10 nitrogen and oxygen atoms in total. The van der Waals surface area contributed by atoms with Crippen LogP contribution >= 0.6 is 0 Å². The predicted octanol–water partition coefficient (Wildman–Crippen LogP) is 1.67. The van der Waals surface area contributed by atoms with Crippen LogP contribution in [-0.2, 0) is 23.8 Å². The molecule has 0 aromatic heterocycles. The van der Waals surface area contributed by atoms with Gasteiger partial charge in [0, 0.05) is 26.2 Å². The van der Waals surface area contributed by atoms with Crippen LogP contribution in [0.5, 0.6) is 0 Å². The standard InChI is InChI=1S/C19H35N3O7/c1-13(15(24)27-8)14(23)22(11-9-20-16(25)28-18(2,3)4)12-10-21-17(26)29-19(5,6)7/h13H,9-12H2,1-8H3,(H,20,25)(H,21,26). The highest BCUT2D eigenvalue weighted by Crippen LogP contribution is 2.08. The van der Waals surface area contributed by atoms with Crippen LogP contribution in [0.25, 0.3) is 0 Å². The van der Waals surface area contributed by atoms with Crippen LogP contribution in [0.2, 0.25) is 0 Å². The number of nitrogens with one attached hydrogen (secondary N) is 2. The van der Waals surface area contributed by atoms with Gasteiger partial charge in [-0.05, 0) is 48.5 Å². The number of carbonyl (C=O) groups is 4. The number of nitrogens with zero attached hydrogens (tertiary/aromatic N) is 1. The van der Waals surface area contributed by atoms with E-state index in [2.05, 4.69) is 15.4 Å². The molecule has 0 aliphatic heterocycles. The number of hydrogen-bond donors (Lipinski definition) is 2. The van der Waals surface area contributed by atoms with E-state index in [0.29, 0.717) is 0 Å². The molecule has 0 saturated heterocycles. The maximum Gasteiger partial charge on any atom is 0.407 e. The summed E-state index contributed by atoms with van der Waals surface area (Å²) in [6, 6.07) is 0. The Morgan fingerprint density at radius 3 is 1.52 bits per heavy atom. The highest BCUT2D eigenvalue weighted by Gasteiger charge is 2.27. The number of rotatable bonds is 8. The normalized spacial score (nSPS) is 12.4. The summed E-state index contributed by atoms with van der Waals surface area (Å²) in [7, 11) is 1.20. The van der Waals surface area contributed by atoms with Crippen LogP contribution in [0.1, 0.15) is 48.5 Å². The van der Waals surface area contributed by atoms with E-state index in [1.165, 1.54) is 18.9 Å². The number of esters is 1. The van der Waals surface area contributed by atoms with Crippen LogP contribution < -0.4 is 10.6 Å². The van der Waals surface area contributed by atoms with Crippen molar-refractivity contribution < 1.29 is 33.4 Å². The average Bonchev–Trinajstić information content (AvgIpc) is 2.55. The summed E-state index contributed by atoms with van der Waals surface area (Å²) in [5, 5.41) is 5.11. The van der Waals surface area contributed by atoms with E-state index >= 15 is 0 Å². The van der Waals surface area contributed by atoms with Gasteiger partial charge in [-0.1, -0.05) is 0 Å². The summed E-state index contributed by atoms with van der Waals surface area (Å²) in [6.45, 7) is 12.3. The van der Waals surface area contributed by atoms with Crippen LogP contribution in [-0.4, -0.2) is 73.5 Å². The summed E-state index contributed by atoms with van der Waals surface area (Å²) in [4.78, 5) is 49.1. The zero-order valence-electron chi connectivity index (χ0n) is 18.7. The predicted molar refractivity (Wildman–Crippen MR) is 106 cm³/mol. The van der Waals surface area contributed by atoms with Crippen molar-refractivity contribution in [1.29, 1.82) is 0 Å². The molecule has 1 unspecified atom stereocenters. The van der Waals surface area contributed by atoms with Crippen molar-refractivity contribution in [2.45, 2.75) is 59.7 Å². The van der Waals surface area contributed by atoms with Gasteiger partial charge in [0.2, 0.25) is 5.91 Å². The number of methoxy groups -OCH3 is 1. The van der Waals surface area contributed by atoms with Gasteiger partial charge in [0.15, 0.2) is 0 Å². The molecule has 0 aliphatic carbocycles. The van der Waals surface area contributed by atoms with Crippen molar-refractivity contribution >= 4 is 24.1 Å². The number of amides is 3. The smallest absolute Gasteiger partial charge is 0.407 e. The Hall–Kier alpha value is -2.52. The van der Waals surface area contributed by atoms with Crippen LogP contribution in [0.3, 0.4) is 0 Å². The van der Waals surface area contributed by atoms with E-state index in [4.69, 9.17) is 9.47 Å². The zero-order valence-corrected chi connectivity index (χ0v) is 18.7. The fraction of sp³-hybridized carbons (Fsp3) is 0.789. The van der Waals surface area contributed by atoms with Gasteiger partial charge >= 0.3 is 18.2 Å². The van der Waals surface area contributed by atoms with Crippen molar-refractivity contribution in [3.05, 3.63) is 0 Å². The van der Waals surface area contributed by atoms with Gasteiger partial charge in [0.1, 0.15) is 17.1 Å². The molecule has 1 atom stereocenters. The second kappa shape index (κ2) is 11.5. The maximum absolute atomic E-state index is 12.6. The molecule has 0 aromatic rings. The van der Waals surface area contributed by atoms with E-state index in [0.717, 1.165) is 0 Å². The molecule has 0 spiro atoms. The minimum absolute atomic E-state index is 0.112. The summed E-state index contributed by atoms with van der Waals surface area (Å²) in [5.41, 5.74) is -1.29. The Balaban J connectivity index is 4.81. The van der Waals surface area contributed by atoms with Gasteiger partial charge in [-0.25, -0.2) is 9.59 Å². The quantitative estimate of drug-likeness (QED) is 0.350. The molecule has 2 N–H and O–H groups in total. The number of carbonyl (C=O) groups excluding carboxylic acids is 4. The molecule has 0 aromatic carbocycles. The van der Waals surface area contributed by atoms with Crippen molar-refractivity contribution in [2.24, 2.45) is 5.92 Å². The third-order valence-electron chi connectivity index (χ3n) is 3.34. The first-order valence-corrected chi connectivity index (χ1v) is 9.46. The molecule has 0 fully saturated rings. The maximum atomic E-state index is 12.6. The van der Waals surface area contributed by atoms with Crippen molar-refractivity contribution in [3.63, 3.8) is 0 Å². The number of alkyl carbamates (subject to hydrolysis) is 2. The summed E-state index contributed by atoms with van der Waals surface area (Å²) >= 11 is 0. The fourth-order valence-corrected chi connectivity index (χ4v) is 2.10. The van der Waals surface area contributed by atoms with Gasteiger partial charge in [0.25, 0.3) is 0 Å². The summed E-state index contributed by atoms with van der Waals surface area (Å²) < 4.78 is 14.9. The second-order valence-electron chi connectivity index (χ2n) is 8.43. The van der Waals surface area contributed by atoms with Crippen molar-refractivity contribution in [3.8, 4) is 0 Å². The molecule has 29 heavy (non-hydrogen) atoms. The lowest BCUT2D eigenvalue weighted by atomic mass is 10.1. The highest BCUT2D eigenvalue weighted by atomic mass is 16.6. The van der Waals surface area contributed by atoms with Gasteiger partial charge < -0.3 is 29.7 Å². The van der Waals surface area contributed by atoms with Gasteiger partial charge in [-0.15, -0.1) is 0 Å². The lowest BCUT2D eigenvalue weighted by Gasteiger charge is -2.26. The lowest BCUT2D eigenvalue weighted by molar-refractivity contribution is -0.152. The van der Waals surface area contributed by atoms with E-state index in [-0.39, 0.29) is 26.2 Å². The lowest BCUT2D eigenvalue weighted by Crippen LogP contribution is -2.46. The Labute approximate surface area is 172 Å². The van der Waals surface area contributed by atoms with E-state index in [1.807, 2.05) is 0 Å². The number of hydrogen-bond acceptors (Lipinski definition) is 7. The first-order valence-electron chi connectivity index (χ1n) is 9.46. The molecule has 10 heteroatoms. The molecule has 0 aliphatic rings. The fourth-order valence-electron chi connectivity index (χ4n) is 2.10. The molecule has 0 saturated carbocycles. The first kappa shape index (κ1) is 26.5. The Bertz CT molecular complexity index is 545. The van der Waals surface area contributed by atoms with E-state index in [1.54, 1.807) is 41.5 Å². The second-order valence-corrected chi connectivity index (χ2v) is 8.43. The minimum Gasteiger partial charge on any atom is -0.468 e. The Morgan fingerprint density at radius 2 is 1.21 bits per heavy atom. The topological polar surface area (TPSA) is 123 Å². The Morgan fingerprint density at radius 1 is 0.828 bits per heavy atom. The van der Waals surface area contributed by atoms with E-state index < -0.39 is 41.2 Å². The SMILES string of the molecule is COC(=O)C(C)C(=O)N(CCNC(=O)OC(C)(C)C)CCNC(=O)OC(C)(C)C. The Kier molecular flexibility index (Phi) is 10.5. The van der Waals surface area contributed by atoms with Crippen molar-refractivity contribution in [1.82, 2.24) is 15.5 Å². The molecule has 3 amide bonds. The van der Waals surface area contributed by atoms with E-state index in [9.17, 15) is 19.2 Å². The molecule has 0 rings (SSSR count). The monoisotopic (exact) mass is 417 g/mol. The molecular weight excluding hydrogens is 382 g/mol. The molecule has 0 heterocycles. The highest BCUT2D eigenvalue weighted by molar-refractivity contribution is 5.97. The van der Waals surface area contributed by atoms with Crippen LogP contribution in [0, 0.1) is 5.92 Å². The van der Waals surface area contributed by atoms with Crippen LogP contribution in [0.4, 0.5) is 9.59 Å². The van der Waals surface area contributed by atoms with Gasteiger partial charge in [-0.2, -0.15) is 0 Å². The average molecular weight is 418 g/mol. The zero-order chi connectivity index (χ0) is 22.8. The largest absolute Gasteiger partial charge is 0.468 e. The minimum atomic E-state index is -1.01. The van der Waals surface area contributed by atoms with Gasteiger partial charge in [0.05, 0.1) is 7.11 Å². The van der Waals surface area contributed by atoms with Crippen molar-refractivity contribution in [2.75, 3.05) is 33.3 Å². The molecule has 168 valence electrons. The third kappa shape index (κ3) is 12.5. The first-order chi connectivity index (χ1) is 13.2. The summed E-state index contributed by atoms with van der Waals surface area (Å²) in [6.07, 6.45) is -1.23. The molecular formula is C19H35N3O7. The number of ether oxygens (including phenoxy) is 3. The third-order valence-corrected chi connectivity index (χ3v) is 3.34. The summed E-state index contributed by atoms with van der Waals surface area (Å²) in [5.74, 6) is -2.16. The van der Waals surface area contributed by atoms with Gasteiger partial charge in [-0.3, -0.25) is 9.59 Å². The molecule has 0 bridgehead atoms. The van der Waals surface area contributed by atoms with Crippen LogP contribution in [0.15, 0.2) is 0 Å². The molecule has 0 radical (unpaired) electrons.